The second kappa shape index (κ2) is 2.11. The molecule has 50 valence electrons. The third kappa shape index (κ3) is 1.52. The van der Waals surface area contributed by atoms with Gasteiger partial charge in [-0.05, 0) is 8.19 Å². The third-order valence-corrected chi connectivity index (χ3v) is 2.20. The van der Waals surface area contributed by atoms with E-state index in [0.29, 0.717) is 0 Å². The molecule has 0 spiro atoms. The lowest BCUT2D eigenvalue weighted by atomic mass is 9.99. The Morgan fingerprint density at radius 1 is 1.56 bits per heavy atom. The molecular formula is C6H10NOP. The molecule has 0 saturated heterocycles. The minimum atomic E-state index is 0.137. The fraction of sp³-hybridized carbons (Fsp3) is 0.667. The van der Waals surface area contributed by atoms with Crippen molar-refractivity contribution in [3.8, 4) is 0 Å². The number of hydrogen-bond acceptors (Lipinski definition) is 2. The van der Waals surface area contributed by atoms with Gasteiger partial charge in [0.05, 0.1) is 5.93 Å². The molecule has 0 N–H and O–H groups in total. The van der Waals surface area contributed by atoms with E-state index >= 15 is 0 Å². The normalized spacial score (nSPS) is 12.8. The fourth-order valence-corrected chi connectivity index (χ4v) is 1.18. The Hall–Kier alpha value is -0.360. The zero-order valence-electron chi connectivity index (χ0n) is 5.88. The van der Waals surface area contributed by atoms with Crippen molar-refractivity contribution >= 4 is 8.19 Å². The number of rotatable bonds is 0. The fourth-order valence-electron chi connectivity index (χ4n) is 0.504. The van der Waals surface area contributed by atoms with E-state index in [-0.39, 0.29) is 5.41 Å². The van der Waals surface area contributed by atoms with Crippen molar-refractivity contribution in [2.24, 2.45) is 0 Å². The van der Waals surface area contributed by atoms with Gasteiger partial charge >= 0.3 is 0 Å². The second-order valence-electron chi connectivity index (χ2n) is 3.00. The standard InChI is InChI=1S/C6H10NOP/c1-6(2,3)5-8-7-4-9-5/h4H,1-3H3. The molecule has 0 fully saturated rings. The van der Waals surface area contributed by atoms with Crippen LogP contribution in [0.5, 0.6) is 0 Å². The van der Waals surface area contributed by atoms with Crippen LogP contribution in [0, 0.1) is 0 Å². The molecule has 1 aromatic rings. The SMILES string of the molecule is CC(C)(C)c1oncp1. The van der Waals surface area contributed by atoms with Crippen molar-refractivity contribution in [3.63, 3.8) is 0 Å². The van der Waals surface area contributed by atoms with E-state index in [4.69, 9.17) is 4.52 Å². The smallest absolute Gasteiger partial charge is 0.167 e. The molecule has 0 aliphatic rings. The maximum atomic E-state index is 4.99. The summed E-state index contributed by atoms with van der Waals surface area (Å²) >= 11 is 0. The highest BCUT2D eigenvalue weighted by atomic mass is 31.0. The van der Waals surface area contributed by atoms with E-state index < -0.39 is 0 Å². The molecule has 0 amide bonds. The number of nitrogens with zero attached hydrogens (tertiary/aromatic N) is 1. The van der Waals surface area contributed by atoms with Gasteiger partial charge in [-0.2, -0.15) is 0 Å². The second-order valence-corrected chi connectivity index (χ2v) is 3.89. The lowest BCUT2D eigenvalue weighted by molar-refractivity contribution is 0.335. The maximum Gasteiger partial charge on any atom is 0.167 e. The molecule has 0 radical (unpaired) electrons. The van der Waals surface area contributed by atoms with E-state index in [1.165, 1.54) is 0 Å². The van der Waals surface area contributed by atoms with E-state index in [0.717, 1.165) is 13.7 Å². The summed E-state index contributed by atoms with van der Waals surface area (Å²) in [6.45, 7) is 6.35. The average Bonchev–Trinajstić information content (AvgIpc) is 2.08. The van der Waals surface area contributed by atoms with Gasteiger partial charge in [-0.1, -0.05) is 25.9 Å². The summed E-state index contributed by atoms with van der Waals surface area (Å²) in [6, 6.07) is 0. The molecule has 0 aliphatic carbocycles. The molecule has 9 heavy (non-hydrogen) atoms. The first-order chi connectivity index (χ1) is 4.11. The van der Waals surface area contributed by atoms with Crippen molar-refractivity contribution < 1.29 is 4.52 Å². The van der Waals surface area contributed by atoms with Gasteiger partial charge in [0.15, 0.2) is 5.49 Å². The molecule has 3 heteroatoms. The summed E-state index contributed by atoms with van der Waals surface area (Å²) in [6.07, 6.45) is 0. The van der Waals surface area contributed by atoms with Crippen LogP contribution >= 0.6 is 8.19 Å². The van der Waals surface area contributed by atoms with Gasteiger partial charge in [-0.15, -0.1) is 0 Å². The lowest BCUT2D eigenvalue weighted by Crippen LogP contribution is -2.07. The molecule has 1 heterocycles. The summed E-state index contributed by atoms with van der Waals surface area (Å²) in [5.41, 5.74) is 1.17. The van der Waals surface area contributed by atoms with Crippen LogP contribution in [0.25, 0.3) is 0 Å². The van der Waals surface area contributed by atoms with Gasteiger partial charge < -0.3 is 4.52 Å². The minimum absolute atomic E-state index is 0.137. The predicted molar refractivity (Wildman–Crippen MR) is 37.7 cm³/mol. The number of hydrogen-bond donors (Lipinski definition) is 0. The molecule has 0 aromatic carbocycles. The number of aromatic nitrogens is 1. The van der Waals surface area contributed by atoms with Gasteiger partial charge in [0.1, 0.15) is 0 Å². The molecule has 1 aromatic heterocycles. The van der Waals surface area contributed by atoms with Crippen molar-refractivity contribution in [1.82, 2.24) is 5.16 Å². The van der Waals surface area contributed by atoms with Crippen LogP contribution in [0.3, 0.4) is 0 Å². The van der Waals surface area contributed by atoms with Gasteiger partial charge in [-0.25, -0.2) is 0 Å². The van der Waals surface area contributed by atoms with Crippen LogP contribution in [-0.2, 0) is 5.41 Å². The average molecular weight is 143 g/mol. The van der Waals surface area contributed by atoms with Gasteiger partial charge in [-0.3, -0.25) is 0 Å². The highest BCUT2D eigenvalue weighted by Gasteiger charge is 2.17. The maximum absolute atomic E-state index is 4.99. The summed E-state index contributed by atoms with van der Waals surface area (Å²) in [7, 11) is 1.10. The van der Waals surface area contributed by atoms with E-state index in [1.807, 2.05) is 0 Å². The monoisotopic (exact) mass is 143 g/mol. The first kappa shape index (κ1) is 6.76. The van der Waals surface area contributed by atoms with Crippen LogP contribution in [0.4, 0.5) is 0 Å². The summed E-state index contributed by atoms with van der Waals surface area (Å²) in [5, 5.41) is 3.66. The largest absolute Gasteiger partial charge is 0.356 e. The topological polar surface area (TPSA) is 26.0 Å². The van der Waals surface area contributed by atoms with Gasteiger partial charge in [0.2, 0.25) is 0 Å². The summed E-state index contributed by atoms with van der Waals surface area (Å²) in [5.74, 6) is 1.76. The van der Waals surface area contributed by atoms with Crippen LogP contribution < -0.4 is 0 Å². The first-order valence-corrected chi connectivity index (χ1v) is 3.84. The van der Waals surface area contributed by atoms with E-state index in [1.54, 1.807) is 5.93 Å². The Bertz CT molecular complexity index is 175. The Morgan fingerprint density at radius 3 is 2.44 bits per heavy atom. The molecule has 0 unspecified atom stereocenters. The predicted octanol–water partition coefficient (Wildman–Crippen LogP) is 2.55. The lowest BCUT2D eigenvalue weighted by Gasteiger charge is -2.11. The quantitative estimate of drug-likeness (QED) is 0.557. The van der Waals surface area contributed by atoms with Crippen molar-refractivity contribution in [1.29, 1.82) is 0 Å². The Balaban J connectivity index is 2.90. The molecular weight excluding hydrogens is 133 g/mol. The molecule has 0 aliphatic heterocycles. The van der Waals surface area contributed by atoms with E-state index in [9.17, 15) is 0 Å². The highest BCUT2D eigenvalue weighted by Crippen LogP contribution is 2.27. The zero-order valence-corrected chi connectivity index (χ0v) is 6.77. The van der Waals surface area contributed by atoms with Crippen LogP contribution in [0.15, 0.2) is 10.5 Å². The summed E-state index contributed by atoms with van der Waals surface area (Å²) in [4.78, 5) is 0. The Kier molecular flexibility index (Phi) is 1.58. The Labute approximate surface area is 56.4 Å². The first-order valence-electron chi connectivity index (χ1n) is 2.88. The van der Waals surface area contributed by atoms with Crippen LogP contribution in [0.2, 0.25) is 0 Å². The molecule has 0 bridgehead atoms. The van der Waals surface area contributed by atoms with Crippen LogP contribution in [-0.4, -0.2) is 5.16 Å². The minimum Gasteiger partial charge on any atom is -0.356 e. The molecule has 0 atom stereocenters. The molecule has 2 nitrogen and oxygen atoms in total. The zero-order chi connectivity index (χ0) is 6.91. The van der Waals surface area contributed by atoms with Crippen molar-refractivity contribution in [2.75, 3.05) is 0 Å². The Morgan fingerprint density at radius 2 is 2.22 bits per heavy atom. The molecule has 0 saturated carbocycles. The van der Waals surface area contributed by atoms with Crippen molar-refractivity contribution in [2.45, 2.75) is 26.2 Å². The van der Waals surface area contributed by atoms with Crippen LogP contribution in [0.1, 0.15) is 26.3 Å². The third-order valence-electron chi connectivity index (χ3n) is 1.00. The summed E-state index contributed by atoms with van der Waals surface area (Å²) < 4.78 is 4.99. The highest BCUT2D eigenvalue weighted by molar-refractivity contribution is 7.29. The van der Waals surface area contributed by atoms with E-state index in [2.05, 4.69) is 25.9 Å². The van der Waals surface area contributed by atoms with Gasteiger partial charge in [0, 0.05) is 5.41 Å². The van der Waals surface area contributed by atoms with Gasteiger partial charge in [0.25, 0.3) is 0 Å². The van der Waals surface area contributed by atoms with Crippen molar-refractivity contribution in [3.05, 3.63) is 11.4 Å². The molecule has 1 rings (SSSR count).